The van der Waals surface area contributed by atoms with Gasteiger partial charge in [-0.3, -0.25) is 0 Å². The van der Waals surface area contributed by atoms with Crippen molar-refractivity contribution in [3.05, 3.63) is 11.7 Å². The summed E-state index contributed by atoms with van der Waals surface area (Å²) in [7, 11) is 2.02. The summed E-state index contributed by atoms with van der Waals surface area (Å²) in [5, 5.41) is 8.68. The summed E-state index contributed by atoms with van der Waals surface area (Å²) in [5.41, 5.74) is 0. The molecule has 1 N–H and O–H groups in total. The molecule has 0 saturated carbocycles. The van der Waals surface area contributed by atoms with Crippen LogP contribution in [0, 0.1) is 0 Å². The van der Waals surface area contributed by atoms with Gasteiger partial charge in [0.2, 0.25) is 5.89 Å². The van der Waals surface area contributed by atoms with Crippen molar-refractivity contribution < 1.29 is 4.52 Å². The summed E-state index contributed by atoms with van der Waals surface area (Å²) in [5.74, 6) is 6.75. The molecule has 2 saturated heterocycles. The van der Waals surface area contributed by atoms with Crippen LogP contribution >= 0.6 is 35.3 Å². The number of nitrogens with one attached hydrogen (secondary N) is 1. The van der Waals surface area contributed by atoms with Gasteiger partial charge in [-0.15, -0.1) is 11.8 Å². The molecule has 0 radical (unpaired) electrons. The van der Waals surface area contributed by atoms with Crippen molar-refractivity contribution in [1.82, 2.24) is 15.5 Å². The van der Waals surface area contributed by atoms with Gasteiger partial charge in [-0.05, 0) is 13.5 Å². The van der Waals surface area contributed by atoms with Gasteiger partial charge in [0.1, 0.15) is 0 Å². The first-order valence-electron chi connectivity index (χ1n) is 7.15. The second-order valence-electron chi connectivity index (χ2n) is 5.14. The highest BCUT2D eigenvalue weighted by atomic mass is 32.2. The highest BCUT2D eigenvalue weighted by molar-refractivity contribution is 8.06. The van der Waals surface area contributed by atoms with Crippen LogP contribution in [0.3, 0.4) is 0 Å². The zero-order valence-corrected chi connectivity index (χ0v) is 14.3. The van der Waals surface area contributed by atoms with Gasteiger partial charge in [0.15, 0.2) is 5.82 Å². The van der Waals surface area contributed by atoms with Gasteiger partial charge in [-0.25, -0.2) is 0 Å². The highest BCUT2D eigenvalue weighted by Crippen LogP contribution is 2.43. The Morgan fingerprint density at radius 3 is 2.95 bits per heavy atom. The fourth-order valence-corrected chi connectivity index (χ4v) is 7.14. The van der Waals surface area contributed by atoms with Crippen LogP contribution in [0.4, 0.5) is 0 Å². The van der Waals surface area contributed by atoms with Crippen LogP contribution in [0.25, 0.3) is 0 Å². The van der Waals surface area contributed by atoms with Gasteiger partial charge in [-0.2, -0.15) is 28.5 Å². The van der Waals surface area contributed by atoms with Crippen LogP contribution in [0.15, 0.2) is 4.52 Å². The Labute approximate surface area is 133 Å². The minimum absolute atomic E-state index is 0.368. The number of hydrogen-bond donors (Lipinski definition) is 1. The van der Waals surface area contributed by atoms with E-state index in [1.165, 1.54) is 17.9 Å². The number of thioether (sulfide) groups is 3. The van der Waals surface area contributed by atoms with Crippen molar-refractivity contribution in [2.45, 2.75) is 35.8 Å². The molecule has 0 spiro atoms. The van der Waals surface area contributed by atoms with Crippen molar-refractivity contribution in [3.63, 3.8) is 0 Å². The normalized spacial score (nSPS) is 34.5. The lowest BCUT2D eigenvalue weighted by Crippen LogP contribution is -2.31. The molecule has 2 aliphatic heterocycles. The molecule has 2 aliphatic rings. The average molecular weight is 332 g/mol. The molecule has 4 nitrogen and oxygen atoms in total. The third kappa shape index (κ3) is 3.00. The zero-order chi connectivity index (χ0) is 13.9. The van der Waals surface area contributed by atoms with Gasteiger partial charge in [-0.1, -0.05) is 12.1 Å². The Bertz CT molecular complexity index is 442. The SMILES string of the molecule is CCC1SCCSC1c1noc(C2CSCC2NC)n1. The molecule has 0 bridgehead atoms. The third-order valence-corrected chi connectivity index (χ3v) is 8.37. The fraction of sp³-hybridized carbons (Fsp3) is 0.846. The van der Waals surface area contributed by atoms with Crippen molar-refractivity contribution in [1.29, 1.82) is 0 Å². The topological polar surface area (TPSA) is 51.0 Å². The smallest absolute Gasteiger partial charge is 0.232 e. The van der Waals surface area contributed by atoms with Crippen molar-refractivity contribution in [2.75, 3.05) is 30.1 Å². The Kier molecular flexibility index (Phi) is 5.23. The second-order valence-corrected chi connectivity index (χ2v) is 8.81. The second kappa shape index (κ2) is 6.94. The standard InChI is InChI=1S/C13H21N3OS3/c1-3-10-11(20-5-4-19-10)12-15-13(17-16-12)8-6-18-7-9(8)14-2/h8-11,14H,3-7H2,1-2H3. The van der Waals surface area contributed by atoms with E-state index in [2.05, 4.69) is 29.2 Å². The first-order chi connectivity index (χ1) is 9.83. The predicted molar refractivity (Wildman–Crippen MR) is 88.9 cm³/mol. The minimum Gasteiger partial charge on any atom is -0.339 e. The largest absolute Gasteiger partial charge is 0.339 e. The van der Waals surface area contributed by atoms with E-state index in [-0.39, 0.29) is 0 Å². The summed E-state index contributed by atoms with van der Waals surface area (Å²) in [4.78, 5) is 4.75. The molecule has 1 aromatic heterocycles. The summed E-state index contributed by atoms with van der Waals surface area (Å²) in [6.45, 7) is 2.25. The molecule has 3 heterocycles. The fourth-order valence-electron chi connectivity index (χ4n) is 2.74. The molecule has 7 heteroatoms. The van der Waals surface area contributed by atoms with Crippen LogP contribution in [-0.2, 0) is 0 Å². The number of hydrogen-bond acceptors (Lipinski definition) is 7. The molecule has 1 aromatic rings. The molecule has 4 unspecified atom stereocenters. The summed E-state index contributed by atoms with van der Waals surface area (Å²) >= 11 is 6.00. The quantitative estimate of drug-likeness (QED) is 0.910. The molecule has 0 aliphatic carbocycles. The lowest BCUT2D eigenvalue weighted by molar-refractivity contribution is 0.340. The monoisotopic (exact) mass is 331 g/mol. The van der Waals surface area contributed by atoms with E-state index in [0.717, 1.165) is 23.2 Å². The molecule has 112 valence electrons. The van der Waals surface area contributed by atoms with E-state index < -0.39 is 0 Å². The predicted octanol–water partition coefficient (Wildman–Crippen LogP) is 2.79. The molecular weight excluding hydrogens is 310 g/mol. The van der Waals surface area contributed by atoms with E-state index in [1.807, 2.05) is 30.6 Å². The Hall–Kier alpha value is 0.150. The maximum atomic E-state index is 5.59. The van der Waals surface area contributed by atoms with Gasteiger partial charge in [0, 0.05) is 34.3 Å². The maximum absolute atomic E-state index is 5.59. The van der Waals surface area contributed by atoms with E-state index in [0.29, 0.717) is 22.5 Å². The van der Waals surface area contributed by atoms with Crippen molar-refractivity contribution in [3.8, 4) is 0 Å². The van der Waals surface area contributed by atoms with E-state index in [1.54, 1.807) is 0 Å². The van der Waals surface area contributed by atoms with Gasteiger partial charge < -0.3 is 9.84 Å². The third-order valence-electron chi connectivity index (χ3n) is 3.93. The molecule has 20 heavy (non-hydrogen) atoms. The molecule has 0 aromatic carbocycles. The van der Waals surface area contributed by atoms with Crippen molar-refractivity contribution in [2.24, 2.45) is 0 Å². The first kappa shape index (κ1) is 15.1. The summed E-state index contributed by atoms with van der Waals surface area (Å²) < 4.78 is 5.59. The van der Waals surface area contributed by atoms with Crippen LogP contribution in [0.2, 0.25) is 0 Å². The average Bonchev–Trinajstić information content (AvgIpc) is 3.15. The van der Waals surface area contributed by atoms with Crippen LogP contribution in [0.1, 0.15) is 36.2 Å². The van der Waals surface area contributed by atoms with E-state index in [9.17, 15) is 0 Å². The lowest BCUT2D eigenvalue weighted by Gasteiger charge is -2.27. The first-order valence-corrected chi connectivity index (χ1v) is 10.4. The molecule has 4 atom stereocenters. The van der Waals surface area contributed by atoms with Gasteiger partial charge in [0.05, 0.1) is 11.2 Å². The Morgan fingerprint density at radius 2 is 2.15 bits per heavy atom. The number of rotatable bonds is 4. The number of nitrogens with zero attached hydrogens (tertiary/aromatic N) is 2. The lowest BCUT2D eigenvalue weighted by atomic mass is 10.0. The molecule has 3 rings (SSSR count). The summed E-state index contributed by atoms with van der Waals surface area (Å²) in [6, 6.07) is 0.462. The maximum Gasteiger partial charge on any atom is 0.232 e. The Morgan fingerprint density at radius 1 is 1.30 bits per heavy atom. The molecule has 0 amide bonds. The minimum atomic E-state index is 0.368. The van der Waals surface area contributed by atoms with Crippen LogP contribution in [0.5, 0.6) is 0 Å². The molecule has 2 fully saturated rings. The van der Waals surface area contributed by atoms with Gasteiger partial charge >= 0.3 is 0 Å². The number of likely N-dealkylation sites (N-methyl/N-ethyl adjacent to an activating group) is 1. The van der Waals surface area contributed by atoms with Crippen LogP contribution < -0.4 is 5.32 Å². The van der Waals surface area contributed by atoms with E-state index >= 15 is 0 Å². The Balaban J connectivity index is 1.75. The number of aromatic nitrogens is 2. The molecular formula is C13H21N3OS3. The highest BCUT2D eigenvalue weighted by Gasteiger charge is 2.35. The van der Waals surface area contributed by atoms with Gasteiger partial charge in [0.25, 0.3) is 0 Å². The summed E-state index contributed by atoms with van der Waals surface area (Å²) in [6.07, 6.45) is 1.17. The van der Waals surface area contributed by atoms with Crippen molar-refractivity contribution >= 4 is 35.3 Å². The zero-order valence-electron chi connectivity index (χ0n) is 11.9. The van der Waals surface area contributed by atoms with Crippen LogP contribution in [-0.4, -0.2) is 51.5 Å². The van der Waals surface area contributed by atoms with E-state index in [4.69, 9.17) is 9.51 Å².